The second-order valence-corrected chi connectivity index (χ2v) is 6.07. The van der Waals surface area contributed by atoms with Crippen molar-refractivity contribution >= 4 is 10.9 Å². The van der Waals surface area contributed by atoms with Gasteiger partial charge < -0.3 is 4.98 Å². The van der Waals surface area contributed by atoms with Gasteiger partial charge in [0.2, 0.25) is 0 Å². The van der Waals surface area contributed by atoms with E-state index in [0.717, 1.165) is 17.8 Å². The number of rotatable bonds is 1. The fraction of sp³-hybridized carbons (Fsp3) is 0.500. The van der Waals surface area contributed by atoms with Gasteiger partial charge in [-0.2, -0.15) is 0 Å². The Morgan fingerprint density at radius 3 is 2.88 bits per heavy atom. The third-order valence-corrected chi connectivity index (χ3v) is 5.01. The maximum absolute atomic E-state index is 3.45. The van der Waals surface area contributed by atoms with Crippen LogP contribution in [0.3, 0.4) is 0 Å². The molecule has 2 aliphatic rings. The molecule has 2 fully saturated rings. The monoisotopic (exact) mass is 225 g/mol. The van der Waals surface area contributed by atoms with Crippen molar-refractivity contribution in [2.75, 3.05) is 0 Å². The van der Waals surface area contributed by atoms with Gasteiger partial charge in [-0.1, -0.05) is 18.1 Å². The van der Waals surface area contributed by atoms with Crippen LogP contribution in [0.25, 0.3) is 10.9 Å². The van der Waals surface area contributed by atoms with Crippen LogP contribution in [-0.2, 0) is 0 Å². The van der Waals surface area contributed by atoms with Gasteiger partial charge in [-0.15, -0.1) is 0 Å². The number of nitrogens with one attached hydrogen (secondary N) is 1. The zero-order valence-electron chi connectivity index (χ0n) is 10.4. The van der Waals surface area contributed by atoms with Gasteiger partial charge in [-0.05, 0) is 61.6 Å². The van der Waals surface area contributed by atoms with Gasteiger partial charge in [0, 0.05) is 17.1 Å². The Bertz CT molecular complexity index is 566. The highest BCUT2D eigenvalue weighted by atomic mass is 14.7. The van der Waals surface area contributed by atoms with E-state index in [-0.39, 0.29) is 0 Å². The summed E-state index contributed by atoms with van der Waals surface area (Å²) in [4.78, 5) is 3.45. The van der Waals surface area contributed by atoms with Gasteiger partial charge in [-0.3, -0.25) is 0 Å². The van der Waals surface area contributed by atoms with Crippen LogP contribution in [0.1, 0.15) is 42.7 Å². The number of hydrogen-bond donors (Lipinski definition) is 1. The summed E-state index contributed by atoms with van der Waals surface area (Å²) in [5.74, 6) is 2.84. The summed E-state index contributed by atoms with van der Waals surface area (Å²) in [5, 5.41) is 1.47. The first-order valence-corrected chi connectivity index (χ1v) is 6.89. The Balaban J connectivity index is 1.83. The molecule has 4 rings (SSSR count). The molecule has 3 atom stereocenters. The summed E-state index contributed by atoms with van der Waals surface area (Å²) >= 11 is 0. The van der Waals surface area contributed by atoms with Crippen LogP contribution >= 0.6 is 0 Å². The van der Waals surface area contributed by atoms with Crippen molar-refractivity contribution in [1.29, 1.82) is 0 Å². The molecule has 1 heteroatoms. The fourth-order valence-corrected chi connectivity index (χ4v) is 4.19. The molecule has 2 saturated carbocycles. The van der Waals surface area contributed by atoms with E-state index in [1.54, 1.807) is 5.56 Å². The van der Waals surface area contributed by atoms with Crippen molar-refractivity contribution in [3.05, 3.63) is 35.5 Å². The molecular weight excluding hydrogens is 206 g/mol. The van der Waals surface area contributed by atoms with Crippen molar-refractivity contribution in [2.24, 2.45) is 11.8 Å². The lowest BCUT2D eigenvalue weighted by atomic mass is 9.83. The molecule has 3 unspecified atom stereocenters. The lowest BCUT2D eigenvalue weighted by Crippen LogP contribution is -2.07. The van der Waals surface area contributed by atoms with Crippen LogP contribution in [0.5, 0.6) is 0 Å². The molecular formula is C16H19N. The summed E-state index contributed by atoms with van der Waals surface area (Å²) in [6.45, 7) is 2.19. The van der Waals surface area contributed by atoms with Gasteiger partial charge in [-0.25, -0.2) is 0 Å². The molecule has 88 valence electrons. The number of aromatic nitrogens is 1. The Kier molecular flexibility index (Phi) is 1.94. The quantitative estimate of drug-likeness (QED) is 0.741. The second kappa shape index (κ2) is 3.38. The zero-order chi connectivity index (χ0) is 11.4. The standard InChI is InChI=1S/C16H19N/c1-10-2-5-16-14(6-10)15(9-17-16)13-8-11-3-4-12(13)7-11/h2,5-6,9,11-13,17H,3-4,7-8H2,1H3. The van der Waals surface area contributed by atoms with Gasteiger partial charge >= 0.3 is 0 Å². The lowest BCUT2D eigenvalue weighted by Gasteiger charge is -2.21. The minimum Gasteiger partial charge on any atom is -0.361 e. The number of aryl methyl sites for hydroxylation is 1. The number of aromatic amines is 1. The third kappa shape index (κ3) is 1.38. The normalized spacial score (nSPS) is 31.5. The summed E-state index contributed by atoms with van der Waals surface area (Å²) in [7, 11) is 0. The van der Waals surface area contributed by atoms with E-state index in [4.69, 9.17) is 0 Å². The Labute approximate surface area is 102 Å². The average Bonchev–Trinajstić information content (AvgIpc) is 3.01. The van der Waals surface area contributed by atoms with E-state index in [1.807, 2.05) is 0 Å². The first-order chi connectivity index (χ1) is 8.31. The molecule has 1 heterocycles. The lowest BCUT2D eigenvalue weighted by molar-refractivity contribution is 0.422. The summed E-state index contributed by atoms with van der Waals surface area (Å²) in [6.07, 6.45) is 8.15. The van der Waals surface area contributed by atoms with Crippen LogP contribution in [-0.4, -0.2) is 4.98 Å². The largest absolute Gasteiger partial charge is 0.361 e. The highest BCUT2D eigenvalue weighted by Crippen LogP contribution is 2.53. The fourth-order valence-electron chi connectivity index (χ4n) is 4.19. The van der Waals surface area contributed by atoms with Crippen LogP contribution < -0.4 is 0 Å². The van der Waals surface area contributed by atoms with E-state index >= 15 is 0 Å². The topological polar surface area (TPSA) is 15.8 Å². The second-order valence-electron chi connectivity index (χ2n) is 6.07. The van der Waals surface area contributed by atoms with E-state index in [2.05, 4.69) is 36.3 Å². The van der Waals surface area contributed by atoms with Crippen LogP contribution in [0, 0.1) is 18.8 Å². The van der Waals surface area contributed by atoms with E-state index in [1.165, 1.54) is 42.1 Å². The van der Waals surface area contributed by atoms with Crippen molar-refractivity contribution < 1.29 is 0 Å². The van der Waals surface area contributed by atoms with Crippen molar-refractivity contribution in [3.63, 3.8) is 0 Å². The molecule has 0 radical (unpaired) electrons. The van der Waals surface area contributed by atoms with Crippen molar-refractivity contribution in [3.8, 4) is 0 Å². The summed E-state index contributed by atoms with van der Waals surface area (Å²) in [6, 6.07) is 6.78. The maximum atomic E-state index is 3.45. The van der Waals surface area contributed by atoms with Gasteiger partial charge in [0.05, 0.1) is 0 Å². The minimum absolute atomic E-state index is 0.837. The Hall–Kier alpha value is -1.24. The minimum atomic E-state index is 0.837. The maximum Gasteiger partial charge on any atom is 0.0457 e. The predicted molar refractivity (Wildman–Crippen MR) is 71.2 cm³/mol. The number of hydrogen-bond acceptors (Lipinski definition) is 0. The van der Waals surface area contributed by atoms with Crippen molar-refractivity contribution in [1.82, 2.24) is 4.98 Å². The predicted octanol–water partition coefficient (Wildman–Crippen LogP) is 4.38. The van der Waals surface area contributed by atoms with E-state index in [0.29, 0.717) is 0 Å². The average molecular weight is 225 g/mol. The first kappa shape index (κ1) is 9.76. The molecule has 1 aromatic heterocycles. The van der Waals surface area contributed by atoms with Crippen LogP contribution in [0.4, 0.5) is 0 Å². The SMILES string of the molecule is Cc1ccc2[nH]cc(C3CC4CCC3C4)c2c1. The smallest absolute Gasteiger partial charge is 0.0457 e. The van der Waals surface area contributed by atoms with Crippen LogP contribution in [0.2, 0.25) is 0 Å². The number of H-pyrrole nitrogens is 1. The number of benzene rings is 1. The van der Waals surface area contributed by atoms with E-state index < -0.39 is 0 Å². The Morgan fingerprint density at radius 2 is 2.12 bits per heavy atom. The number of fused-ring (bicyclic) bond motifs is 3. The molecule has 0 aliphatic heterocycles. The molecule has 0 amide bonds. The summed E-state index contributed by atoms with van der Waals surface area (Å²) < 4.78 is 0. The van der Waals surface area contributed by atoms with Gasteiger partial charge in [0.15, 0.2) is 0 Å². The highest BCUT2D eigenvalue weighted by Gasteiger charge is 2.40. The first-order valence-electron chi connectivity index (χ1n) is 6.89. The molecule has 1 N–H and O–H groups in total. The highest BCUT2D eigenvalue weighted by molar-refractivity contribution is 5.84. The summed E-state index contributed by atoms with van der Waals surface area (Å²) in [5.41, 5.74) is 4.28. The molecule has 0 saturated heterocycles. The third-order valence-electron chi connectivity index (χ3n) is 5.01. The molecule has 1 aromatic carbocycles. The van der Waals surface area contributed by atoms with Crippen molar-refractivity contribution in [2.45, 2.75) is 38.5 Å². The Morgan fingerprint density at radius 1 is 1.18 bits per heavy atom. The van der Waals surface area contributed by atoms with E-state index in [9.17, 15) is 0 Å². The van der Waals surface area contributed by atoms with Gasteiger partial charge in [0.25, 0.3) is 0 Å². The molecule has 0 spiro atoms. The molecule has 2 aromatic rings. The zero-order valence-corrected chi connectivity index (χ0v) is 10.4. The van der Waals surface area contributed by atoms with Crippen LogP contribution in [0.15, 0.2) is 24.4 Å². The molecule has 1 nitrogen and oxygen atoms in total. The molecule has 2 aliphatic carbocycles. The van der Waals surface area contributed by atoms with Gasteiger partial charge in [0.1, 0.15) is 0 Å². The molecule has 17 heavy (non-hydrogen) atoms. The molecule has 2 bridgehead atoms.